The van der Waals surface area contributed by atoms with E-state index in [1.54, 1.807) is 0 Å². The maximum Gasteiger partial charge on any atom is 0.455 e. The Balaban J connectivity index is 3.28. The molecule has 0 unspecified atom stereocenters. The summed E-state index contributed by atoms with van der Waals surface area (Å²) in [5.41, 5.74) is -2.51. The summed E-state index contributed by atoms with van der Waals surface area (Å²) in [6, 6.07) is 2.75. The van der Waals surface area contributed by atoms with Gasteiger partial charge in [-0.05, 0) is 12.1 Å². The van der Waals surface area contributed by atoms with Crippen molar-refractivity contribution in [3.05, 3.63) is 59.1 Å². The summed E-state index contributed by atoms with van der Waals surface area (Å²) in [6.45, 7) is 0. The van der Waals surface area contributed by atoms with Crippen molar-refractivity contribution in [2.75, 3.05) is 0 Å². The van der Waals surface area contributed by atoms with Crippen LogP contribution in [-0.2, 0) is 9.47 Å². The van der Waals surface area contributed by atoms with Gasteiger partial charge < -0.3 is 9.47 Å². The van der Waals surface area contributed by atoms with Crippen LogP contribution in [0.5, 0.6) is 0 Å². The molecular weight excluding hydrogens is 422 g/mol. The van der Waals surface area contributed by atoms with E-state index >= 15 is 0 Å². The van der Waals surface area contributed by atoms with Crippen LogP contribution < -0.4 is 0 Å². The Labute approximate surface area is 147 Å². The van der Waals surface area contributed by atoms with Gasteiger partial charge in [0.15, 0.2) is 0 Å². The van der Waals surface area contributed by atoms with Crippen molar-refractivity contribution >= 4 is 11.9 Å². The van der Waals surface area contributed by atoms with Crippen LogP contribution in [0.1, 0.15) is 20.7 Å². The lowest BCUT2D eigenvalue weighted by Crippen LogP contribution is -2.23. The van der Waals surface area contributed by atoms with Crippen molar-refractivity contribution in [3.63, 3.8) is 0 Å². The number of halogens is 10. The van der Waals surface area contributed by atoms with Gasteiger partial charge in [0.25, 0.3) is 11.5 Å². The van der Waals surface area contributed by atoms with Crippen molar-refractivity contribution in [2.45, 2.75) is 12.4 Å². The second-order valence-corrected chi connectivity index (χ2v) is 4.50. The lowest BCUT2D eigenvalue weighted by Gasteiger charge is -2.14. The average molecular weight is 426 g/mol. The number of alkyl halides is 6. The number of carbonyl (C=O) groups excluding carboxylic acids is 2. The summed E-state index contributed by atoms with van der Waals surface area (Å²) in [7, 11) is 0. The van der Waals surface area contributed by atoms with Gasteiger partial charge in [0.05, 0.1) is 11.1 Å². The predicted molar refractivity (Wildman–Crippen MR) is 67.9 cm³/mol. The Kier molecular flexibility index (Phi) is 6.82. The molecule has 1 aromatic carbocycles. The molecule has 0 heterocycles. The van der Waals surface area contributed by atoms with Crippen LogP contribution in [0.15, 0.2) is 47.9 Å². The normalized spacial score (nSPS) is 11.5. The van der Waals surface area contributed by atoms with Crippen molar-refractivity contribution in [1.29, 1.82) is 0 Å². The Morgan fingerprint density at radius 2 is 0.929 bits per heavy atom. The van der Waals surface area contributed by atoms with Gasteiger partial charge in [-0.2, -0.15) is 43.9 Å². The first-order valence-corrected chi connectivity index (χ1v) is 6.44. The topological polar surface area (TPSA) is 52.6 Å². The first-order chi connectivity index (χ1) is 12.7. The van der Waals surface area contributed by atoms with Gasteiger partial charge in [-0.15, -0.1) is 0 Å². The first-order valence-electron chi connectivity index (χ1n) is 6.44. The standard InChI is InChI=1S/C14H4F10O4/c15-9(16)7(13(19,20)21)27-11(25)5-3-1-2-4-6(5)12(26)28-8(10(17)18)14(22,23)24/h1-4H. The first kappa shape index (κ1) is 23.0. The third-order valence-electron chi connectivity index (χ3n) is 2.61. The molecule has 0 saturated carbocycles. The molecular formula is C14H4F10O4. The molecule has 0 amide bonds. The van der Waals surface area contributed by atoms with E-state index in [9.17, 15) is 53.5 Å². The van der Waals surface area contributed by atoms with E-state index in [2.05, 4.69) is 9.47 Å². The van der Waals surface area contributed by atoms with Gasteiger partial charge in [-0.25, -0.2) is 9.59 Å². The maximum absolute atomic E-state index is 12.4. The second-order valence-electron chi connectivity index (χ2n) is 4.50. The van der Waals surface area contributed by atoms with Gasteiger partial charge in [0.1, 0.15) is 0 Å². The van der Waals surface area contributed by atoms with Gasteiger partial charge in [0, 0.05) is 0 Å². The maximum atomic E-state index is 12.4. The molecule has 0 aromatic heterocycles. The van der Waals surface area contributed by atoms with Crippen molar-refractivity contribution < 1.29 is 63.0 Å². The largest absolute Gasteiger partial charge is 0.455 e. The third kappa shape index (κ3) is 5.72. The number of carbonyl (C=O) groups is 2. The molecule has 4 nitrogen and oxygen atoms in total. The van der Waals surface area contributed by atoms with Crippen LogP contribution in [0.2, 0.25) is 0 Å². The Hall–Kier alpha value is -3.06. The number of rotatable bonds is 4. The molecule has 0 aliphatic carbocycles. The van der Waals surface area contributed by atoms with Crippen LogP contribution in [0.25, 0.3) is 0 Å². The number of hydrogen-bond acceptors (Lipinski definition) is 4. The molecule has 28 heavy (non-hydrogen) atoms. The molecule has 0 N–H and O–H groups in total. The minimum absolute atomic E-state index is 0.506. The molecule has 0 saturated heterocycles. The summed E-state index contributed by atoms with van der Waals surface area (Å²) in [5, 5.41) is 0. The molecule has 1 rings (SSSR count). The minimum Gasteiger partial charge on any atom is -0.412 e. The molecule has 154 valence electrons. The van der Waals surface area contributed by atoms with Gasteiger partial charge in [0.2, 0.25) is 0 Å². The van der Waals surface area contributed by atoms with Crippen molar-refractivity contribution in [1.82, 2.24) is 0 Å². The van der Waals surface area contributed by atoms with E-state index in [0.717, 1.165) is 12.1 Å². The van der Waals surface area contributed by atoms with E-state index in [4.69, 9.17) is 0 Å². The van der Waals surface area contributed by atoms with Crippen LogP contribution in [0.4, 0.5) is 43.9 Å². The molecule has 1 aromatic rings. The summed E-state index contributed by atoms with van der Waals surface area (Å²) in [4.78, 5) is 23.3. The van der Waals surface area contributed by atoms with Crippen LogP contribution in [-0.4, -0.2) is 24.3 Å². The number of esters is 2. The van der Waals surface area contributed by atoms with E-state index in [1.807, 2.05) is 0 Å². The second kappa shape index (κ2) is 8.31. The SMILES string of the molecule is O=C(OC(=C(F)F)C(F)(F)F)c1ccccc1C(=O)OC(=C(F)F)C(F)(F)F. The number of ether oxygens (including phenoxy) is 2. The molecule has 0 spiro atoms. The summed E-state index contributed by atoms with van der Waals surface area (Å²) < 4.78 is 130. The third-order valence-corrected chi connectivity index (χ3v) is 2.61. The van der Waals surface area contributed by atoms with Crippen LogP contribution >= 0.6 is 0 Å². The number of benzene rings is 1. The number of hydrogen-bond donors (Lipinski definition) is 0. The average Bonchev–Trinajstić information content (AvgIpc) is 2.54. The highest BCUT2D eigenvalue weighted by molar-refractivity contribution is 6.03. The van der Waals surface area contributed by atoms with Gasteiger partial charge in [-0.1, -0.05) is 12.1 Å². The van der Waals surface area contributed by atoms with Crippen LogP contribution in [0.3, 0.4) is 0 Å². The summed E-state index contributed by atoms with van der Waals surface area (Å²) in [6.07, 6.45) is -18.6. The summed E-state index contributed by atoms with van der Waals surface area (Å²) >= 11 is 0. The number of allylic oxidation sites excluding steroid dienone is 2. The zero-order valence-corrected chi connectivity index (χ0v) is 12.7. The van der Waals surface area contributed by atoms with E-state index in [1.165, 1.54) is 0 Å². The fourth-order valence-corrected chi connectivity index (χ4v) is 1.54. The van der Waals surface area contributed by atoms with E-state index < -0.39 is 59.1 Å². The van der Waals surface area contributed by atoms with Crippen molar-refractivity contribution in [2.24, 2.45) is 0 Å². The quantitative estimate of drug-likeness (QED) is 0.371. The minimum atomic E-state index is -5.83. The highest BCUT2D eigenvalue weighted by Crippen LogP contribution is 2.33. The molecule has 0 aliphatic rings. The summed E-state index contributed by atoms with van der Waals surface area (Å²) in [5.74, 6) is -10.5. The molecule has 0 fully saturated rings. The highest BCUT2D eigenvalue weighted by atomic mass is 19.4. The Bertz CT molecular complexity index is 758. The molecule has 0 atom stereocenters. The van der Waals surface area contributed by atoms with Crippen LogP contribution in [0, 0.1) is 0 Å². The lowest BCUT2D eigenvalue weighted by atomic mass is 10.1. The highest BCUT2D eigenvalue weighted by Gasteiger charge is 2.44. The zero-order valence-electron chi connectivity index (χ0n) is 12.7. The van der Waals surface area contributed by atoms with E-state index in [0.29, 0.717) is 12.1 Å². The smallest absolute Gasteiger partial charge is 0.412 e. The fourth-order valence-electron chi connectivity index (χ4n) is 1.54. The Morgan fingerprint density at radius 1 is 0.643 bits per heavy atom. The molecule has 0 aliphatic heterocycles. The Morgan fingerprint density at radius 3 is 1.14 bits per heavy atom. The molecule has 14 heteroatoms. The molecule has 0 radical (unpaired) electrons. The zero-order chi connectivity index (χ0) is 21.9. The lowest BCUT2D eigenvalue weighted by molar-refractivity contribution is -0.128. The fraction of sp³-hybridized carbons (Fsp3) is 0.143. The monoisotopic (exact) mass is 426 g/mol. The van der Waals surface area contributed by atoms with Gasteiger partial charge >= 0.3 is 36.5 Å². The predicted octanol–water partition coefficient (Wildman–Crippen LogP) is 5.34. The molecule has 0 bridgehead atoms. The van der Waals surface area contributed by atoms with Gasteiger partial charge in [-0.3, -0.25) is 0 Å². The van der Waals surface area contributed by atoms with E-state index in [-0.39, 0.29) is 0 Å². The van der Waals surface area contributed by atoms with Crippen molar-refractivity contribution in [3.8, 4) is 0 Å².